The second-order valence-electron chi connectivity index (χ2n) is 8.29. The van der Waals surface area contributed by atoms with Crippen LogP contribution in [0.4, 0.5) is 0 Å². The highest BCUT2D eigenvalue weighted by Gasteiger charge is 2.26. The third-order valence-electron chi connectivity index (χ3n) is 4.88. The van der Waals surface area contributed by atoms with Gasteiger partial charge in [0, 0.05) is 43.5 Å². The monoisotopic (exact) mass is 458 g/mol. The normalized spacial score (nSPS) is 15.9. The number of thiazole rings is 1. The lowest BCUT2D eigenvalue weighted by Crippen LogP contribution is -2.53. The first-order valence-corrected chi connectivity index (χ1v) is 10.5. The number of carbonyl (C=O) groups is 1. The highest BCUT2D eigenvalue weighted by atomic mass is 35.5. The largest absolute Gasteiger partial charge is 0.339 e. The van der Waals surface area contributed by atoms with Gasteiger partial charge in [-0.2, -0.15) is 0 Å². The number of aromatic nitrogens is 1. The molecule has 0 saturated carbocycles. The second-order valence-corrected chi connectivity index (χ2v) is 9.15. The van der Waals surface area contributed by atoms with E-state index in [9.17, 15) is 4.79 Å². The van der Waals surface area contributed by atoms with Crippen molar-refractivity contribution in [2.75, 3.05) is 26.2 Å². The van der Waals surface area contributed by atoms with E-state index in [0.717, 1.165) is 44.0 Å². The van der Waals surface area contributed by atoms with Crippen LogP contribution < -0.4 is 5.73 Å². The van der Waals surface area contributed by atoms with E-state index in [1.165, 1.54) is 5.01 Å². The summed E-state index contributed by atoms with van der Waals surface area (Å²) in [6.07, 6.45) is 0.592. The van der Waals surface area contributed by atoms with Crippen molar-refractivity contribution in [2.24, 2.45) is 5.73 Å². The summed E-state index contributed by atoms with van der Waals surface area (Å²) in [5.41, 5.74) is 8.51. The third kappa shape index (κ3) is 7.23. The molecular formula is C21H32Cl2N4OS. The second kappa shape index (κ2) is 11.3. The maximum absolute atomic E-state index is 12.7. The number of nitrogens with two attached hydrogens (primary N) is 1. The summed E-state index contributed by atoms with van der Waals surface area (Å²) >= 11 is 1.74. The van der Waals surface area contributed by atoms with Crippen molar-refractivity contribution < 1.29 is 4.79 Å². The third-order valence-corrected chi connectivity index (χ3v) is 6.20. The Labute approximate surface area is 190 Å². The molecule has 3 rings (SSSR count). The molecule has 1 atom stereocenters. The summed E-state index contributed by atoms with van der Waals surface area (Å²) in [6, 6.07) is 9.51. The predicted octanol–water partition coefficient (Wildman–Crippen LogP) is 3.50. The van der Waals surface area contributed by atoms with Gasteiger partial charge in [-0.05, 0) is 12.0 Å². The van der Waals surface area contributed by atoms with Gasteiger partial charge in [0.25, 0.3) is 0 Å². The molecule has 0 aliphatic carbocycles. The number of benzene rings is 1. The molecule has 1 aromatic carbocycles. The molecular weight excluding hydrogens is 427 g/mol. The molecule has 0 spiro atoms. The molecule has 1 aliphatic heterocycles. The lowest BCUT2D eigenvalue weighted by atomic mass is 9.98. The van der Waals surface area contributed by atoms with E-state index in [1.807, 2.05) is 35.2 Å². The number of hydrogen-bond acceptors (Lipinski definition) is 5. The molecule has 1 fully saturated rings. The lowest BCUT2D eigenvalue weighted by molar-refractivity contribution is -0.134. The lowest BCUT2D eigenvalue weighted by Gasteiger charge is -2.35. The molecule has 0 bridgehead atoms. The van der Waals surface area contributed by atoms with Crippen LogP contribution in [0.3, 0.4) is 0 Å². The van der Waals surface area contributed by atoms with Crippen LogP contribution in [-0.2, 0) is 23.2 Å². The molecule has 2 N–H and O–H groups in total. The molecule has 1 amide bonds. The Morgan fingerprint density at radius 1 is 1.14 bits per heavy atom. The molecule has 29 heavy (non-hydrogen) atoms. The van der Waals surface area contributed by atoms with Crippen LogP contribution in [0, 0.1) is 0 Å². The molecule has 2 aromatic rings. The Kier molecular flexibility index (Phi) is 10.1. The minimum absolute atomic E-state index is 0. The summed E-state index contributed by atoms with van der Waals surface area (Å²) < 4.78 is 0. The van der Waals surface area contributed by atoms with Gasteiger partial charge in [-0.25, -0.2) is 4.98 Å². The first kappa shape index (κ1) is 25.9. The van der Waals surface area contributed by atoms with E-state index in [1.54, 1.807) is 11.3 Å². The average Bonchev–Trinajstić information content (AvgIpc) is 3.11. The van der Waals surface area contributed by atoms with Gasteiger partial charge in [0.05, 0.1) is 16.7 Å². The molecule has 8 heteroatoms. The van der Waals surface area contributed by atoms with E-state index in [4.69, 9.17) is 10.7 Å². The average molecular weight is 459 g/mol. The zero-order chi connectivity index (χ0) is 19.4. The van der Waals surface area contributed by atoms with Crippen LogP contribution in [-0.4, -0.2) is 52.9 Å². The van der Waals surface area contributed by atoms with Gasteiger partial charge in [0.2, 0.25) is 5.91 Å². The van der Waals surface area contributed by atoms with Crippen LogP contribution in [0.2, 0.25) is 0 Å². The number of hydrogen-bond donors (Lipinski definition) is 1. The Balaban J connectivity index is 0.00000210. The Bertz CT molecular complexity index is 756. The number of amides is 1. The fourth-order valence-electron chi connectivity index (χ4n) is 3.27. The van der Waals surface area contributed by atoms with Crippen LogP contribution in [0.1, 0.15) is 37.0 Å². The van der Waals surface area contributed by atoms with Crippen molar-refractivity contribution in [1.82, 2.24) is 14.8 Å². The maximum atomic E-state index is 12.7. The van der Waals surface area contributed by atoms with Gasteiger partial charge in [0.1, 0.15) is 0 Å². The van der Waals surface area contributed by atoms with Crippen molar-refractivity contribution in [1.29, 1.82) is 0 Å². The van der Waals surface area contributed by atoms with E-state index in [-0.39, 0.29) is 36.1 Å². The molecule has 1 saturated heterocycles. The molecule has 5 nitrogen and oxygen atoms in total. The van der Waals surface area contributed by atoms with E-state index in [2.05, 4.69) is 31.1 Å². The smallest absolute Gasteiger partial charge is 0.239 e. The molecule has 2 heterocycles. The first-order valence-electron chi connectivity index (χ1n) is 9.58. The van der Waals surface area contributed by atoms with Crippen molar-refractivity contribution in [3.05, 3.63) is 52.0 Å². The van der Waals surface area contributed by atoms with E-state index in [0.29, 0.717) is 6.42 Å². The van der Waals surface area contributed by atoms with Gasteiger partial charge in [-0.15, -0.1) is 36.2 Å². The minimum Gasteiger partial charge on any atom is -0.339 e. The van der Waals surface area contributed by atoms with Crippen LogP contribution in [0.15, 0.2) is 35.7 Å². The zero-order valence-electron chi connectivity index (χ0n) is 17.3. The summed E-state index contributed by atoms with van der Waals surface area (Å²) in [6.45, 7) is 10.6. The van der Waals surface area contributed by atoms with Gasteiger partial charge in [0.15, 0.2) is 0 Å². The van der Waals surface area contributed by atoms with Crippen LogP contribution in [0.5, 0.6) is 0 Å². The van der Waals surface area contributed by atoms with Gasteiger partial charge in [-0.3, -0.25) is 9.69 Å². The van der Waals surface area contributed by atoms with Crippen molar-refractivity contribution in [3.63, 3.8) is 0 Å². The summed E-state index contributed by atoms with van der Waals surface area (Å²) in [5, 5.41) is 3.34. The standard InChI is InChI=1S/C21H30N4OS.2ClH/c1-21(2,3)20-23-17(15-27-20)14-24-9-11-25(12-10-24)19(26)18(22)13-16-7-5-4-6-8-16;;/h4-8,15,18H,9-14,22H2,1-3H3;2*1H. The molecule has 1 aromatic heterocycles. The van der Waals surface area contributed by atoms with Gasteiger partial charge < -0.3 is 10.6 Å². The maximum Gasteiger partial charge on any atom is 0.239 e. The number of rotatable bonds is 5. The summed E-state index contributed by atoms with van der Waals surface area (Å²) in [4.78, 5) is 21.7. The fraction of sp³-hybridized carbons (Fsp3) is 0.524. The molecule has 1 unspecified atom stereocenters. The highest BCUT2D eigenvalue weighted by Crippen LogP contribution is 2.26. The molecule has 0 radical (unpaired) electrons. The van der Waals surface area contributed by atoms with E-state index < -0.39 is 6.04 Å². The number of nitrogens with zero attached hydrogens (tertiary/aromatic N) is 3. The number of halogens is 2. The Hall–Kier alpha value is -1.18. The number of carbonyl (C=O) groups excluding carboxylic acids is 1. The summed E-state index contributed by atoms with van der Waals surface area (Å²) in [5.74, 6) is 0.0576. The van der Waals surface area contributed by atoms with Crippen molar-refractivity contribution in [3.8, 4) is 0 Å². The number of piperazine rings is 1. The summed E-state index contributed by atoms with van der Waals surface area (Å²) in [7, 11) is 0. The fourth-order valence-corrected chi connectivity index (χ4v) is 4.17. The van der Waals surface area contributed by atoms with Gasteiger partial charge in [-0.1, -0.05) is 51.1 Å². The molecule has 1 aliphatic rings. The highest BCUT2D eigenvalue weighted by molar-refractivity contribution is 7.09. The topological polar surface area (TPSA) is 62.5 Å². The van der Waals surface area contributed by atoms with Crippen LogP contribution in [0.25, 0.3) is 0 Å². The Morgan fingerprint density at radius 2 is 1.76 bits per heavy atom. The predicted molar refractivity (Wildman–Crippen MR) is 125 cm³/mol. The van der Waals surface area contributed by atoms with Crippen LogP contribution >= 0.6 is 36.2 Å². The minimum atomic E-state index is -0.466. The Morgan fingerprint density at radius 3 is 2.31 bits per heavy atom. The quantitative estimate of drug-likeness (QED) is 0.744. The zero-order valence-corrected chi connectivity index (χ0v) is 19.8. The van der Waals surface area contributed by atoms with Gasteiger partial charge >= 0.3 is 0 Å². The van der Waals surface area contributed by atoms with E-state index >= 15 is 0 Å². The van der Waals surface area contributed by atoms with Crippen molar-refractivity contribution >= 4 is 42.1 Å². The molecule has 162 valence electrons. The SMILES string of the molecule is CC(C)(C)c1nc(CN2CCN(C(=O)C(N)Cc3ccccc3)CC2)cs1.Cl.Cl. The first-order chi connectivity index (χ1) is 12.8. The van der Waals surface area contributed by atoms with Crippen molar-refractivity contribution in [2.45, 2.75) is 45.2 Å².